The first kappa shape index (κ1) is 16.5. The molecule has 0 saturated carbocycles. The second-order valence-corrected chi connectivity index (χ2v) is 6.82. The molecule has 5 heteroatoms. The third-order valence-electron chi connectivity index (χ3n) is 2.61. The minimum absolute atomic E-state index is 0.200. The van der Waals surface area contributed by atoms with Gasteiger partial charge in [-0.2, -0.15) is 0 Å². The molecule has 0 spiro atoms. The van der Waals surface area contributed by atoms with Crippen LogP contribution in [0.25, 0.3) is 0 Å². The molecule has 1 heterocycles. The number of nitrogens with zero attached hydrogens (tertiary/aromatic N) is 2. The van der Waals surface area contributed by atoms with E-state index in [1.54, 1.807) is 11.3 Å². The smallest absolute Gasteiger partial charge is 0.117 e. The summed E-state index contributed by atoms with van der Waals surface area (Å²) in [5.74, 6) is 0. The molecule has 1 aromatic rings. The van der Waals surface area contributed by atoms with Gasteiger partial charge in [0.05, 0.1) is 0 Å². The zero-order valence-electron chi connectivity index (χ0n) is 12.7. The lowest BCUT2D eigenvalue weighted by Gasteiger charge is -2.20. The monoisotopic (exact) mass is 285 g/mol. The summed E-state index contributed by atoms with van der Waals surface area (Å²) < 4.78 is 5.32. The largest absolute Gasteiger partial charge is 0.382 e. The van der Waals surface area contributed by atoms with Crippen LogP contribution in [0.1, 0.15) is 50.6 Å². The van der Waals surface area contributed by atoms with Crippen LogP contribution >= 0.6 is 11.3 Å². The molecule has 1 N–H and O–H groups in total. The van der Waals surface area contributed by atoms with E-state index >= 15 is 0 Å². The van der Waals surface area contributed by atoms with E-state index in [0.717, 1.165) is 55.5 Å². The van der Waals surface area contributed by atoms with E-state index in [2.05, 4.69) is 36.3 Å². The van der Waals surface area contributed by atoms with E-state index in [9.17, 15) is 0 Å². The maximum absolute atomic E-state index is 5.32. The Kier molecular flexibility index (Phi) is 7.49. The lowest BCUT2D eigenvalue weighted by molar-refractivity contribution is 0.145. The van der Waals surface area contributed by atoms with Crippen molar-refractivity contribution in [2.45, 2.75) is 58.9 Å². The van der Waals surface area contributed by atoms with Gasteiger partial charge in [-0.25, -0.2) is 0 Å². The summed E-state index contributed by atoms with van der Waals surface area (Å²) in [6.45, 7) is 11.2. The number of hydrogen-bond acceptors (Lipinski definition) is 5. The highest BCUT2D eigenvalue weighted by molar-refractivity contribution is 7.11. The molecule has 0 bridgehead atoms. The van der Waals surface area contributed by atoms with Gasteiger partial charge in [0.15, 0.2) is 0 Å². The van der Waals surface area contributed by atoms with Crippen LogP contribution < -0.4 is 5.32 Å². The van der Waals surface area contributed by atoms with E-state index in [1.165, 1.54) is 0 Å². The molecule has 0 saturated heterocycles. The predicted octanol–water partition coefficient (Wildman–Crippen LogP) is 2.83. The molecule has 0 radical (unpaired) electrons. The van der Waals surface area contributed by atoms with Crippen molar-refractivity contribution in [2.75, 3.05) is 19.8 Å². The van der Waals surface area contributed by atoms with E-state index in [-0.39, 0.29) is 5.54 Å². The van der Waals surface area contributed by atoms with Crippen LogP contribution in [0.15, 0.2) is 0 Å². The van der Waals surface area contributed by atoms with Gasteiger partial charge < -0.3 is 10.1 Å². The number of aryl methyl sites for hydroxylation is 2. The maximum atomic E-state index is 5.32. The van der Waals surface area contributed by atoms with Crippen LogP contribution in [0.3, 0.4) is 0 Å². The minimum atomic E-state index is 0.200. The lowest BCUT2D eigenvalue weighted by atomic mass is 10.1. The topological polar surface area (TPSA) is 47.0 Å². The molecule has 0 aliphatic heterocycles. The van der Waals surface area contributed by atoms with E-state index in [1.807, 2.05) is 6.92 Å². The van der Waals surface area contributed by atoms with Gasteiger partial charge in [0.1, 0.15) is 10.0 Å². The van der Waals surface area contributed by atoms with Crippen molar-refractivity contribution in [2.24, 2.45) is 0 Å². The van der Waals surface area contributed by atoms with Crippen molar-refractivity contribution in [1.29, 1.82) is 0 Å². The zero-order chi connectivity index (χ0) is 14.1. The Morgan fingerprint density at radius 2 is 1.74 bits per heavy atom. The summed E-state index contributed by atoms with van der Waals surface area (Å²) in [5, 5.41) is 14.3. The van der Waals surface area contributed by atoms with Gasteiger partial charge in [-0.1, -0.05) is 0 Å². The molecular formula is C14H27N3OS. The van der Waals surface area contributed by atoms with E-state index < -0.39 is 0 Å². The Hall–Kier alpha value is -0.520. The Morgan fingerprint density at radius 1 is 1.11 bits per heavy atom. The minimum Gasteiger partial charge on any atom is -0.382 e. The molecule has 0 fully saturated rings. The number of aromatic nitrogens is 2. The van der Waals surface area contributed by atoms with Gasteiger partial charge in [-0.3, -0.25) is 0 Å². The normalized spacial score (nSPS) is 12.0. The van der Waals surface area contributed by atoms with E-state index in [0.29, 0.717) is 0 Å². The Labute approximate surface area is 121 Å². The second-order valence-electron chi connectivity index (χ2n) is 5.67. The summed E-state index contributed by atoms with van der Waals surface area (Å²) in [4.78, 5) is 0. The summed E-state index contributed by atoms with van der Waals surface area (Å²) in [6.07, 6.45) is 4.16. The van der Waals surface area contributed by atoms with Crippen molar-refractivity contribution < 1.29 is 4.74 Å². The van der Waals surface area contributed by atoms with E-state index in [4.69, 9.17) is 4.74 Å². The van der Waals surface area contributed by atoms with Crippen LogP contribution in [-0.4, -0.2) is 35.5 Å². The summed E-state index contributed by atoms with van der Waals surface area (Å²) in [6, 6.07) is 0. The van der Waals surface area contributed by atoms with Crippen LogP contribution in [0.5, 0.6) is 0 Å². The first-order chi connectivity index (χ1) is 9.01. The third kappa shape index (κ3) is 8.29. The molecule has 0 aromatic carbocycles. The third-order valence-corrected chi connectivity index (χ3v) is 3.66. The Balaban J connectivity index is 2.16. The van der Waals surface area contributed by atoms with Crippen molar-refractivity contribution in [3.63, 3.8) is 0 Å². The number of rotatable bonds is 9. The Morgan fingerprint density at radius 3 is 2.32 bits per heavy atom. The lowest BCUT2D eigenvalue weighted by Crippen LogP contribution is -2.36. The molecule has 0 amide bonds. The average Bonchev–Trinajstić information content (AvgIpc) is 2.77. The molecule has 0 aliphatic rings. The maximum Gasteiger partial charge on any atom is 0.117 e. The van der Waals surface area contributed by atoms with Crippen molar-refractivity contribution in [1.82, 2.24) is 15.5 Å². The van der Waals surface area contributed by atoms with Crippen LogP contribution in [0.2, 0.25) is 0 Å². The summed E-state index contributed by atoms with van der Waals surface area (Å²) in [7, 11) is 0. The predicted molar refractivity (Wildman–Crippen MR) is 80.8 cm³/mol. The molecular weight excluding hydrogens is 258 g/mol. The molecule has 19 heavy (non-hydrogen) atoms. The van der Waals surface area contributed by atoms with Gasteiger partial charge in [-0.05, 0) is 47.1 Å². The second kappa shape index (κ2) is 8.61. The van der Waals surface area contributed by atoms with Crippen molar-refractivity contribution >= 4 is 11.3 Å². The molecule has 0 aliphatic carbocycles. The fraction of sp³-hybridized carbons (Fsp3) is 0.857. The SMILES string of the molecule is CCOCCCc1nnc(CCCNC(C)(C)C)s1. The highest BCUT2D eigenvalue weighted by Gasteiger charge is 2.08. The molecule has 1 aromatic heterocycles. The average molecular weight is 285 g/mol. The summed E-state index contributed by atoms with van der Waals surface area (Å²) >= 11 is 1.74. The first-order valence-corrected chi connectivity index (χ1v) is 7.97. The van der Waals surface area contributed by atoms with Crippen molar-refractivity contribution in [3.05, 3.63) is 10.0 Å². The van der Waals surface area contributed by atoms with Crippen molar-refractivity contribution in [3.8, 4) is 0 Å². The highest BCUT2D eigenvalue weighted by Crippen LogP contribution is 2.13. The van der Waals surface area contributed by atoms with Gasteiger partial charge >= 0.3 is 0 Å². The highest BCUT2D eigenvalue weighted by atomic mass is 32.1. The number of hydrogen-bond donors (Lipinski definition) is 1. The van der Waals surface area contributed by atoms with Crippen LogP contribution in [0.4, 0.5) is 0 Å². The summed E-state index contributed by atoms with van der Waals surface area (Å²) in [5.41, 5.74) is 0.200. The quantitative estimate of drug-likeness (QED) is 0.709. The van der Waals surface area contributed by atoms with Crippen LogP contribution in [0, 0.1) is 0 Å². The van der Waals surface area contributed by atoms with Crippen LogP contribution in [-0.2, 0) is 17.6 Å². The first-order valence-electron chi connectivity index (χ1n) is 7.15. The van der Waals surface area contributed by atoms with Gasteiger partial charge in [0.25, 0.3) is 0 Å². The zero-order valence-corrected chi connectivity index (χ0v) is 13.5. The van der Waals surface area contributed by atoms with Gasteiger partial charge in [-0.15, -0.1) is 21.5 Å². The molecule has 4 nitrogen and oxygen atoms in total. The van der Waals surface area contributed by atoms with Gasteiger partial charge in [0.2, 0.25) is 0 Å². The standard InChI is InChI=1S/C14H27N3OS/c1-5-18-11-7-9-13-17-16-12(19-13)8-6-10-15-14(2,3)4/h15H,5-11H2,1-4H3. The fourth-order valence-corrected chi connectivity index (χ4v) is 2.59. The molecule has 0 atom stereocenters. The molecule has 0 unspecified atom stereocenters. The number of ether oxygens (including phenoxy) is 1. The van der Waals surface area contributed by atoms with Gasteiger partial charge in [0, 0.05) is 31.6 Å². The molecule has 1 rings (SSSR count). The molecule has 110 valence electrons. The number of nitrogens with one attached hydrogen (secondary N) is 1. The Bertz CT molecular complexity index is 347. The fourth-order valence-electron chi connectivity index (χ4n) is 1.66.